The molecule has 1 aromatic heterocycles. The molecule has 0 atom stereocenters. The predicted molar refractivity (Wildman–Crippen MR) is 200 cm³/mol. The fourth-order valence-corrected chi connectivity index (χ4v) is 7.61. The highest BCUT2D eigenvalue weighted by Gasteiger charge is 2.17. The topological polar surface area (TPSA) is 13.1 Å². The van der Waals surface area contributed by atoms with Crippen LogP contribution in [0.2, 0.25) is 0 Å². The van der Waals surface area contributed by atoms with Crippen molar-refractivity contribution in [2.45, 2.75) is 0 Å². The van der Waals surface area contributed by atoms with E-state index in [1.165, 1.54) is 71.1 Å². The quantitative estimate of drug-likeness (QED) is 0.185. The molecule has 0 aliphatic rings. The smallest absolute Gasteiger partial charge is 0.143 e. The average molecular weight is 597 g/mol. The Bertz CT molecular complexity index is 2760. The molecule has 0 spiro atoms. The minimum atomic E-state index is 0.933. The molecule has 0 unspecified atom stereocenters. The van der Waals surface area contributed by atoms with E-state index in [2.05, 4.69) is 170 Å². The Hall–Kier alpha value is -6.18. The molecule has 47 heavy (non-hydrogen) atoms. The van der Waals surface area contributed by atoms with E-state index in [-0.39, 0.29) is 0 Å². The molecule has 0 radical (unpaired) electrons. The molecule has 0 N–H and O–H groups in total. The number of hydrogen-bond acceptors (Lipinski definition) is 1. The van der Waals surface area contributed by atoms with E-state index in [1.807, 2.05) is 0 Å². The van der Waals surface area contributed by atoms with E-state index in [0.29, 0.717) is 0 Å². The molecule has 10 aromatic rings. The van der Waals surface area contributed by atoms with Crippen LogP contribution >= 0.6 is 0 Å². The van der Waals surface area contributed by atoms with Gasteiger partial charge in [0, 0.05) is 16.2 Å². The highest BCUT2D eigenvalue weighted by Crippen LogP contribution is 2.44. The van der Waals surface area contributed by atoms with Crippen molar-refractivity contribution in [3.8, 4) is 33.4 Å². The fraction of sp³-hybridized carbons (Fsp3) is 0. The van der Waals surface area contributed by atoms with Crippen LogP contribution < -0.4 is 0 Å². The Morgan fingerprint density at radius 1 is 0.277 bits per heavy atom. The van der Waals surface area contributed by atoms with E-state index in [0.717, 1.165) is 27.3 Å². The number of hydrogen-bond donors (Lipinski definition) is 0. The summed E-state index contributed by atoms with van der Waals surface area (Å²) in [6, 6.07) is 61.5. The fourth-order valence-electron chi connectivity index (χ4n) is 7.61. The largest absolute Gasteiger partial charge is 0.455 e. The molecule has 0 aliphatic heterocycles. The van der Waals surface area contributed by atoms with Crippen LogP contribution in [0.5, 0.6) is 0 Å². The Balaban J connectivity index is 1.09. The van der Waals surface area contributed by atoms with Crippen molar-refractivity contribution in [3.63, 3.8) is 0 Å². The molecule has 10 rings (SSSR count). The minimum Gasteiger partial charge on any atom is -0.455 e. The van der Waals surface area contributed by atoms with Crippen molar-refractivity contribution in [2.75, 3.05) is 0 Å². The van der Waals surface area contributed by atoms with Crippen LogP contribution in [-0.4, -0.2) is 0 Å². The lowest BCUT2D eigenvalue weighted by Crippen LogP contribution is -1.90. The molecule has 0 bridgehead atoms. The van der Waals surface area contributed by atoms with Gasteiger partial charge in [0.25, 0.3) is 0 Å². The van der Waals surface area contributed by atoms with E-state index >= 15 is 0 Å². The van der Waals surface area contributed by atoms with Gasteiger partial charge in [0.2, 0.25) is 0 Å². The maximum atomic E-state index is 6.49. The number of rotatable bonds is 3. The summed E-state index contributed by atoms with van der Waals surface area (Å²) in [4.78, 5) is 0. The van der Waals surface area contributed by atoms with Crippen molar-refractivity contribution >= 4 is 65.0 Å². The molecule has 1 heteroatoms. The lowest BCUT2D eigenvalue weighted by molar-refractivity contribution is 0.673. The molecule has 0 amide bonds. The molecule has 0 saturated heterocycles. The second-order valence-corrected chi connectivity index (χ2v) is 12.5. The Morgan fingerprint density at radius 2 is 0.787 bits per heavy atom. The Labute approximate surface area is 271 Å². The van der Waals surface area contributed by atoms with Gasteiger partial charge in [-0.2, -0.15) is 0 Å². The lowest BCUT2D eigenvalue weighted by Gasteiger charge is -2.18. The zero-order chi connectivity index (χ0) is 30.9. The van der Waals surface area contributed by atoms with Gasteiger partial charge >= 0.3 is 0 Å². The van der Waals surface area contributed by atoms with Gasteiger partial charge in [-0.15, -0.1) is 0 Å². The maximum absolute atomic E-state index is 6.49. The monoisotopic (exact) mass is 596 g/mol. The van der Waals surface area contributed by atoms with Gasteiger partial charge in [-0.1, -0.05) is 140 Å². The third kappa shape index (κ3) is 4.03. The third-order valence-corrected chi connectivity index (χ3v) is 9.82. The number of furan rings is 1. The normalized spacial score (nSPS) is 11.8. The van der Waals surface area contributed by atoms with Gasteiger partial charge in [-0.05, 0) is 101 Å². The molecular formula is C46H28O. The van der Waals surface area contributed by atoms with Gasteiger partial charge in [0.1, 0.15) is 11.2 Å². The molecular weight excluding hydrogens is 569 g/mol. The van der Waals surface area contributed by atoms with Crippen molar-refractivity contribution in [2.24, 2.45) is 0 Å². The molecule has 0 fully saturated rings. The molecule has 0 saturated carbocycles. The van der Waals surface area contributed by atoms with E-state index in [1.54, 1.807) is 0 Å². The van der Waals surface area contributed by atoms with Crippen LogP contribution in [0.25, 0.3) is 98.4 Å². The van der Waals surface area contributed by atoms with Crippen LogP contribution in [0.4, 0.5) is 0 Å². The van der Waals surface area contributed by atoms with Crippen LogP contribution in [-0.2, 0) is 0 Å². The summed E-state index contributed by atoms with van der Waals surface area (Å²) in [5.41, 5.74) is 9.31. The Morgan fingerprint density at radius 3 is 1.45 bits per heavy atom. The molecule has 218 valence electrons. The lowest BCUT2D eigenvalue weighted by atomic mass is 9.85. The van der Waals surface area contributed by atoms with Crippen molar-refractivity contribution in [1.29, 1.82) is 0 Å². The third-order valence-electron chi connectivity index (χ3n) is 9.82. The van der Waals surface area contributed by atoms with Crippen LogP contribution in [0, 0.1) is 0 Å². The van der Waals surface area contributed by atoms with Crippen molar-refractivity contribution in [1.82, 2.24) is 0 Å². The first kappa shape index (κ1) is 26.1. The first-order valence-corrected chi connectivity index (χ1v) is 16.2. The summed E-state index contributed by atoms with van der Waals surface area (Å²) in [6.45, 7) is 0. The zero-order valence-electron chi connectivity index (χ0n) is 25.6. The maximum Gasteiger partial charge on any atom is 0.143 e. The predicted octanol–water partition coefficient (Wildman–Crippen LogP) is 13.2. The highest BCUT2D eigenvalue weighted by molar-refractivity contribution is 6.21. The standard InChI is InChI=1S/C46H28O/c1-2-10-30(11-3-1)44-37-14-6-8-16-39(37)45(40-17-9-7-15-38(40)44)31-20-18-29(19-21-31)34-22-24-36-35(26-34)23-25-41-42-27-32-12-4-5-13-33(32)28-43(42)47-46(36)41/h1-28H. The second kappa shape index (κ2) is 10.2. The highest BCUT2D eigenvalue weighted by atomic mass is 16.3. The van der Waals surface area contributed by atoms with Gasteiger partial charge < -0.3 is 4.42 Å². The summed E-state index contributed by atoms with van der Waals surface area (Å²) in [5.74, 6) is 0. The van der Waals surface area contributed by atoms with Gasteiger partial charge in [-0.25, -0.2) is 0 Å². The van der Waals surface area contributed by atoms with Gasteiger partial charge in [0.05, 0.1) is 0 Å². The number of benzene rings is 9. The van der Waals surface area contributed by atoms with E-state index < -0.39 is 0 Å². The van der Waals surface area contributed by atoms with Crippen molar-refractivity contribution in [3.05, 3.63) is 170 Å². The van der Waals surface area contributed by atoms with Crippen molar-refractivity contribution < 1.29 is 4.42 Å². The average Bonchev–Trinajstić information content (AvgIpc) is 3.50. The zero-order valence-corrected chi connectivity index (χ0v) is 25.6. The SMILES string of the molecule is c1ccc(-c2c3ccccc3c(-c3ccc(-c4ccc5c(ccc6c7cc8ccccc8cc7oc56)c4)cc3)c3ccccc23)cc1. The summed E-state index contributed by atoms with van der Waals surface area (Å²) >= 11 is 0. The van der Waals surface area contributed by atoms with Crippen LogP contribution in [0.15, 0.2) is 174 Å². The summed E-state index contributed by atoms with van der Waals surface area (Å²) in [6.07, 6.45) is 0. The molecule has 1 heterocycles. The van der Waals surface area contributed by atoms with Crippen LogP contribution in [0.3, 0.4) is 0 Å². The summed E-state index contributed by atoms with van der Waals surface area (Å²) < 4.78 is 6.49. The minimum absolute atomic E-state index is 0.933. The molecule has 0 aliphatic carbocycles. The van der Waals surface area contributed by atoms with Gasteiger partial charge in [0.15, 0.2) is 0 Å². The summed E-state index contributed by atoms with van der Waals surface area (Å²) in [5, 5.41) is 12.2. The van der Waals surface area contributed by atoms with E-state index in [4.69, 9.17) is 4.42 Å². The molecule has 1 nitrogen and oxygen atoms in total. The van der Waals surface area contributed by atoms with E-state index in [9.17, 15) is 0 Å². The second-order valence-electron chi connectivity index (χ2n) is 12.5. The van der Waals surface area contributed by atoms with Gasteiger partial charge in [-0.3, -0.25) is 0 Å². The van der Waals surface area contributed by atoms with Crippen LogP contribution in [0.1, 0.15) is 0 Å². The summed E-state index contributed by atoms with van der Waals surface area (Å²) in [7, 11) is 0. The number of fused-ring (bicyclic) bond motifs is 8. The molecule has 9 aromatic carbocycles. The first-order chi connectivity index (χ1) is 23.3. The Kier molecular flexibility index (Phi) is 5.64. The first-order valence-electron chi connectivity index (χ1n) is 16.2.